The molecule has 112 valence electrons. The predicted molar refractivity (Wildman–Crippen MR) is 85.0 cm³/mol. The first-order chi connectivity index (χ1) is 9.65. The van der Waals surface area contributed by atoms with E-state index < -0.39 is 6.10 Å². The van der Waals surface area contributed by atoms with E-state index in [9.17, 15) is 5.11 Å². The Morgan fingerprint density at radius 3 is 2.75 bits per heavy atom. The lowest BCUT2D eigenvalue weighted by molar-refractivity contribution is 0.172. The van der Waals surface area contributed by atoms with E-state index in [0.29, 0.717) is 11.6 Å². The van der Waals surface area contributed by atoms with Gasteiger partial charge in [0, 0.05) is 11.6 Å². The van der Waals surface area contributed by atoms with Crippen LogP contribution in [-0.4, -0.2) is 18.2 Å². The second-order valence-corrected chi connectivity index (χ2v) is 6.63. The first-order valence-electron chi connectivity index (χ1n) is 7.79. The molecule has 1 aromatic rings. The molecule has 3 atom stereocenters. The molecule has 1 fully saturated rings. The van der Waals surface area contributed by atoms with E-state index in [1.807, 2.05) is 24.3 Å². The number of hydrogen-bond acceptors (Lipinski definition) is 2. The van der Waals surface area contributed by atoms with Gasteiger partial charge in [-0.2, -0.15) is 0 Å². The summed E-state index contributed by atoms with van der Waals surface area (Å²) in [4.78, 5) is 0. The highest BCUT2D eigenvalue weighted by Gasteiger charge is 2.18. The Balaban J connectivity index is 1.64. The first-order valence-corrected chi connectivity index (χ1v) is 8.17. The van der Waals surface area contributed by atoms with E-state index in [1.165, 1.54) is 32.1 Å². The van der Waals surface area contributed by atoms with Gasteiger partial charge in [0.05, 0.1) is 6.10 Å². The molecule has 0 saturated heterocycles. The topological polar surface area (TPSA) is 32.3 Å². The third kappa shape index (κ3) is 5.08. The lowest BCUT2D eigenvalue weighted by Gasteiger charge is -2.26. The Hall–Kier alpha value is -0.570. The molecule has 0 radical (unpaired) electrons. The molecule has 3 heteroatoms. The van der Waals surface area contributed by atoms with Gasteiger partial charge >= 0.3 is 0 Å². The van der Waals surface area contributed by atoms with Crippen LogP contribution in [0, 0.1) is 11.8 Å². The largest absolute Gasteiger partial charge is 0.387 e. The highest BCUT2D eigenvalue weighted by atomic mass is 35.5. The fourth-order valence-electron chi connectivity index (χ4n) is 3.17. The molecule has 0 heterocycles. The van der Waals surface area contributed by atoms with Crippen molar-refractivity contribution in [2.24, 2.45) is 11.8 Å². The standard InChI is InChI=1S/C17H26ClNO/c1-13-3-2-4-14(11-13)9-10-19-12-17(20)15-5-7-16(18)8-6-15/h5-8,13-14,17,19-20H,2-4,9-12H2,1H3. The number of nitrogens with one attached hydrogen (secondary N) is 1. The molecular weight excluding hydrogens is 270 g/mol. The van der Waals surface area contributed by atoms with Gasteiger partial charge in [0.2, 0.25) is 0 Å². The normalized spacial score (nSPS) is 24.6. The van der Waals surface area contributed by atoms with Crippen molar-refractivity contribution in [2.75, 3.05) is 13.1 Å². The summed E-state index contributed by atoms with van der Waals surface area (Å²) in [5, 5.41) is 14.2. The van der Waals surface area contributed by atoms with E-state index in [-0.39, 0.29) is 0 Å². The van der Waals surface area contributed by atoms with Gasteiger partial charge in [0.25, 0.3) is 0 Å². The van der Waals surface area contributed by atoms with Crippen LogP contribution < -0.4 is 5.32 Å². The fraction of sp³-hybridized carbons (Fsp3) is 0.647. The van der Waals surface area contributed by atoms with Gasteiger partial charge in [0.15, 0.2) is 0 Å². The average Bonchev–Trinajstić information content (AvgIpc) is 2.44. The zero-order chi connectivity index (χ0) is 14.4. The zero-order valence-electron chi connectivity index (χ0n) is 12.3. The van der Waals surface area contributed by atoms with Crippen molar-refractivity contribution in [3.8, 4) is 0 Å². The van der Waals surface area contributed by atoms with Gasteiger partial charge in [0.1, 0.15) is 0 Å². The van der Waals surface area contributed by atoms with E-state index in [0.717, 1.165) is 23.9 Å². The van der Waals surface area contributed by atoms with Crippen LogP contribution in [-0.2, 0) is 0 Å². The molecule has 3 unspecified atom stereocenters. The average molecular weight is 296 g/mol. The van der Waals surface area contributed by atoms with Gasteiger partial charge in [-0.3, -0.25) is 0 Å². The molecule has 0 aromatic heterocycles. The van der Waals surface area contributed by atoms with Crippen molar-refractivity contribution in [1.82, 2.24) is 5.32 Å². The lowest BCUT2D eigenvalue weighted by atomic mass is 9.81. The summed E-state index contributed by atoms with van der Waals surface area (Å²) in [7, 11) is 0. The second-order valence-electron chi connectivity index (χ2n) is 6.20. The van der Waals surface area contributed by atoms with Gasteiger partial charge in [-0.25, -0.2) is 0 Å². The quantitative estimate of drug-likeness (QED) is 0.772. The maximum atomic E-state index is 10.1. The summed E-state index contributed by atoms with van der Waals surface area (Å²) in [6.07, 6.45) is 6.33. The predicted octanol–water partition coefficient (Wildman–Crippen LogP) is 4.18. The third-order valence-electron chi connectivity index (χ3n) is 4.37. The fourth-order valence-corrected chi connectivity index (χ4v) is 3.30. The molecular formula is C17H26ClNO. The minimum absolute atomic E-state index is 0.447. The van der Waals surface area contributed by atoms with Crippen LogP contribution in [0.4, 0.5) is 0 Å². The number of aliphatic hydroxyl groups excluding tert-OH is 1. The Bertz CT molecular complexity index is 392. The molecule has 1 aliphatic rings. The summed E-state index contributed by atoms with van der Waals surface area (Å²) in [5.41, 5.74) is 0.924. The summed E-state index contributed by atoms with van der Waals surface area (Å²) in [6, 6.07) is 7.42. The Morgan fingerprint density at radius 2 is 2.05 bits per heavy atom. The SMILES string of the molecule is CC1CCCC(CCNCC(O)c2ccc(Cl)cc2)C1. The Morgan fingerprint density at radius 1 is 1.30 bits per heavy atom. The minimum atomic E-state index is -0.447. The number of hydrogen-bond donors (Lipinski definition) is 2. The summed E-state index contributed by atoms with van der Waals surface area (Å²) in [5.74, 6) is 1.77. The van der Waals surface area contributed by atoms with E-state index in [4.69, 9.17) is 11.6 Å². The van der Waals surface area contributed by atoms with Gasteiger partial charge in [-0.05, 0) is 48.9 Å². The lowest BCUT2D eigenvalue weighted by Crippen LogP contribution is -2.25. The number of halogens is 1. The summed E-state index contributed by atoms with van der Waals surface area (Å²) in [6.45, 7) is 3.98. The minimum Gasteiger partial charge on any atom is -0.387 e. The zero-order valence-corrected chi connectivity index (χ0v) is 13.1. The number of benzene rings is 1. The van der Waals surface area contributed by atoms with E-state index in [2.05, 4.69) is 12.2 Å². The summed E-state index contributed by atoms with van der Waals surface area (Å²) >= 11 is 5.84. The van der Waals surface area contributed by atoms with Crippen molar-refractivity contribution in [3.63, 3.8) is 0 Å². The molecule has 2 N–H and O–H groups in total. The molecule has 1 aliphatic carbocycles. The van der Waals surface area contributed by atoms with Gasteiger partial charge in [-0.1, -0.05) is 49.9 Å². The Kier molecular flexibility index (Phi) is 6.34. The molecule has 20 heavy (non-hydrogen) atoms. The Labute approximate surface area is 127 Å². The van der Waals surface area contributed by atoms with Crippen LogP contribution in [0.1, 0.15) is 50.7 Å². The van der Waals surface area contributed by atoms with Crippen molar-refractivity contribution in [2.45, 2.75) is 45.1 Å². The van der Waals surface area contributed by atoms with Crippen molar-refractivity contribution in [1.29, 1.82) is 0 Å². The van der Waals surface area contributed by atoms with Crippen LogP contribution in [0.3, 0.4) is 0 Å². The second kappa shape index (κ2) is 8.02. The van der Waals surface area contributed by atoms with Gasteiger partial charge in [-0.15, -0.1) is 0 Å². The number of aliphatic hydroxyl groups is 1. The molecule has 2 nitrogen and oxygen atoms in total. The smallest absolute Gasteiger partial charge is 0.0914 e. The van der Waals surface area contributed by atoms with Crippen molar-refractivity contribution < 1.29 is 5.11 Å². The highest BCUT2D eigenvalue weighted by Crippen LogP contribution is 2.30. The molecule has 0 aliphatic heterocycles. The molecule has 0 spiro atoms. The van der Waals surface area contributed by atoms with Crippen LogP contribution in [0.25, 0.3) is 0 Å². The van der Waals surface area contributed by atoms with Crippen LogP contribution in [0.15, 0.2) is 24.3 Å². The molecule has 1 saturated carbocycles. The maximum absolute atomic E-state index is 10.1. The molecule has 1 aromatic carbocycles. The first kappa shape index (κ1) is 15.8. The van der Waals surface area contributed by atoms with Crippen molar-refractivity contribution >= 4 is 11.6 Å². The monoisotopic (exact) mass is 295 g/mol. The third-order valence-corrected chi connectivity index (χ3v) is 4.62. The van der Waals surface area contributed by atoms with Crippen molar-refractivity contribution in [3.05, 3.63) is 34.9 Å². The van der Waals surface area contributed by atoms with E-state index >= 15 is 0 Å². The molecule has 2 rings (SSSR count). The maximum Gasteiger partial charge on any atom is 0.0914 e. The molecule has 0 bridgehead atoms. The van der Waals surface area contributed by atoms with E-state index in [1.54, 1.807) is 0 Å². The van der Waals surface area contributed by atoms with Crippen LogP contribution in [0.2, 0.25) is 5.02 Å². The molecule has 0 amide bonds. The number of rotatable bonds is 6. The highest BCUT2D eigenvalue weighted by molar-refractivity contribution is 6.30. The summed E-state index contributed by atoms with van der Waals surface area (Å²) < 4.78 is 0. The van der Waals surface area contributed by atoms with Crippen LogP contribution in [0.5, 0.6) is 0 Å². The van der Waals surface area contributed by atoms with Crippen LogP contribution >= 0.6 is 11.6 Å². The van der Waals surface area contributed by atoms with Gasteiger partial charge < -0.3 is 10.4 Å².